The van der Waals surface area contributed by atoms with Crippen molar-refractivity contribution in [1.29, 1.82) is 0 Å². The number of fused-ring (bicyclic) bond motifs is 1. The quantitative estimate of drug-likeness (QED) is 0.862. The number of amides is 1. The van der Waals surface area contributed by atoms with Gasteiger partial charge in [0.15, 0.2) is 11.5 Å². The molecule has 2 N–H and O–H groups in total. The minimum Gasteiger partial charge on any atom is -0.490 e. The highest BCUT2D eigenvalue weighted by Crippen LogP contribution is 2.32. The van der Waals surface area contributed by atoms with Gasteiger partial charge in [-0.2, -0.15) is 0 Å². The molecule has 1 saturated carbocycles. The number of nitrogens with one attached hydrogen (secondary N) is 2. The predicted molar refractivity (Wildman–Crippen MR) is 76.3 cm³/mol. The van der Waals surface area contributed by atoms with Crippen LogP contribution in [0.15, 0.2) is 18.2 Å². The standard InChI is InChI=1S/C15H20N2O3/c18-15(6-7-16-11-2-3-11)17-12-4-5-13-14(10-12)20-9-1-8-19-13/h4-5,10-11,16H,1-3,6-9H2,(H,17,18). The van der Waals surface area contributed by atoms with E-state index in [1.165, 1.54) is 12.8 Å². The molecule has 0 atom stereocenters. The van der Waals surface area contributed by atoms with Gasteiger partial charge in [-0.25, -0.2) is 0 Å². The zero-order valence-electron chi connectivity index (χ0n) is 11.5. The van der Waals surface area contributed by atoms with Gasteiger partial charge in [0.05, 0.1) is 13.2 Å². The van der Waals surface area contributed by atoms with Gasteiger partial charge in [0.2, 0.25) is 5.91 Å². The van der Waals surface area contributed by atoms with Crippen molar-refractivity contribution >= 4 is 11.6 Å². The van der Waals surface area contributed by atoms with E-state index in [4.69, 9.17) is 9.47 Å². The van der Waals surface area contributed by atoms with Crippen LogP contribution in [0, 0.1) is 0 Å². The third-order valence-electron chi connectivity index (χ3n) is 3.39. The molecule has 1 aliphatic heterocycles. The summed E-state index contributed by atoms with van der Waals surface area (Å²) >= 11 is 0. The number of benzene rings is 1. The number of hydrogen-bond acceptors (Lipinski definition) is 4. The number of anilines is 1. The molecule has 0 saturated heterocycles. The zero-order valence-corrected chi connectivity index (χ0v) is 11.5. The Kier molecular flexibility index (Phi) is 4.06. The normalized spacial score (nSPS) is 17.4. The summed E-state index contributed by atoms with van der Waals surface area (Å²) in [6.45, 7) is 2.06. The lowest BCUT2D eigenvalue weighted by molar-refractivity contribution is -0.116. The summed E-state index contributed by atoms with van der Waals surface area (Å²) in [5.74, 6) is 1.47. The second-order valence-corrected chi connectivity index (χ2v) is 5.24. The van der Waals surface area contributed by atoms with Gasteiger partial charge in [-0.05, 0) is 25.0 Å². The topological polar surface area (TPSA) is 59.6 Å². The van der Waals surface area contributed by atoms with Crippen molar-refractivity contribution in [3.63, 3.8) is 0 Å². The number of rotatable bonds is 5. The van der Waals surface area contributed by atoms with Gasteiger partial charge in [0, 0.05) is 37.2 Å². The molecule has 1 amide bonds. The van der Waals surface area contributed by atoms with Crippen LogP contribution in [0.3, 0.4) is 0 Å². The van der Waals surface area contributed by atoms with E-state index >= 15 is 0 Å². The van der Waals surface area contributed by atoms with Crippen LogP contribution in [0.1, 0.15) is 25.7 Å². The zero-order chi connectivity index (χ0) is 13.8. The van der Waals surface area contributed by atoms with Crippen LogP contribution >= 0.6 is 0 Å². The highest BCUT2D eigenvalue weighted by Gasteiger charge is 2.20. The van der Waals surface area contributed by atoms with Crippen molar-refractivity contribution < 1.29 is 14.3 Å². The summed E-state index contributed by atoms with van der Waals surface area (Å²) in [4.78, 5) is 11.8. The van der Waals surface area contributed by atoms with Crippen LogP contribution < -0.4 is 20.1 Å². The summed E-state index contributed by atoms with van der Waals surface area (Å²) < 4.78 is 11.2. The van der Waals surface area contributed by atoms with Crippen LogP contribution in [0.4, 0.5) is 5.69 Å². The molecule has 108 valence electrons. The van der Waals surface area contributed by atoms with Gasteiger partial charge in [-0.15, -0.1) is 0 Å². The summed E-state index contributed by atoms with van der Waals surface area (Å²) in [5, 5.41) is 6.22. The SMILES string of the molecule is O=C(CCNC1CC1)Nc1ccc2c(c1)OCCCO2. The van der Waals surface area contributed by atoms with Crippen LogP contribution in [0.5, 0.6) is 11.5 Å². The molecule has 5 heteroatoms. The molecule has 1 fully saturated rings. The average molecular weight is 276 g/mol. The summed E-state index contributed by atoms with van der Waals surface area (Å²) in [6, 6.07) is 6.16. The third kappa shape index (κ3) is 3.63. The van der Waals surface area contributed by atoms with Gasteiger partial charge < -0.3 is 20.1 Å². The van der Waals surface area contributed by atoms with Gasteiger partial charge in [0.1, 0.15) is 0 Å². The highest BCUT2D eigenvalue weighted by molar-refractivity contribution is 5.91. The van der Waals surface area contributed by atoms with E-state index in [1.54, 1.807) is 0 Å². The molecule has 5 nitrogen and oxygen atoms in total. The Morgan fingerprint density at radius 3 is 2.80 bits per heavy atom. The fourth-order valence-electron chi connectivity index (χ4n) is 2.14. The maximum atomic E-state index is 11.8. The Balaban J connectivity index is 1.53. The van der Waals surface area contributed by atoms with Crippen molar-refractivity contribution in [2.24, 2.45) is 0 Å². The van der Waals surface area contributed by atoms with Gasteiger partial charge in [-0.3, -0.25) is 4.79 Å². The molecule has 0 aromatic heterocycles. The first-order valence-electron chi connectivity index (χ1n) is 7.24. The summed E-state index contributed by atoms with van der Waals surface area (Å²) in [7, 11) is 0. The molecule has 20 heavy (non-hydrogen) atoms. The minimum atomic E-state index is 0.0210. The number of carbonyl (C=O) groups is 1. The largest absolute Gasteiger partial charge is 0.490 e. The summed E-state index contributed by atoms with van der Waals surface area (Å²) in [6.07, 6.45) is 3.85. The van der Waals surface area contributed by atoms with Crippen molar-refractivity contribution in [1.82, 2.24) is 5.32 Å². The molecule has 0 radical (unpaired) electrons. The Morgan fingerprint density at radius 1 is 1.20 bits per heavy atom. The molecule has 0 bridgehead atoms. The molecule has 1 aliphatic carbocycles. The first kappa shape index (κ1) is 13.2. The monoisotopic (exact) mass is 276 g/mol. The predicted octanol–water partition coefficient (Wildman–Crippen LogP) is 1.93. The first-order chi connectivity index (χ1) is 9.81. The molecule has 0 spiro atoms. The maximum absolute atomic E-state index is 11.8. The maximum Gasteiger partial charge on any atom is 0.225 e. The lowest BCUT2D eigenvalue weighted by Gasteiger charge is -2.10. The second kappa shape index (κ2) is 6.13. The van der Waals surface area contributed by atoms with E-state index in [0.717, 1.165) is 24.4 Å². The molecule has 2 aliphatic rings. The van der Waals surface area contributed by atoms with E-state index < -0.39 is 0 Å². The van der Waals surface area contributed by atoms with Crippen LogP contribution in [-0.4, -0.2) is 31.7 Å². The first-order valence-corrected chi connectivity index (χ1v) is 7.24. The third-order valence-corrected chi connectivity index (χ3v) is 3.39. The molecule has 0 unspecified atom stereocenters. The molecule has 3 rings (SSSR count). The Hall–Kier alpha value is -1.75. The minimum absolute atomic E-state index is 0.0210. The van der Waals surface area contributed by atoms with E-state index in [9.17, 15) is 4.79 Å². The van der Waals surface area contributed by atoms with Crippen molar-refractivity contribution in [3.05, 3.63) is 18.2 Å². The van der Waals surface area contributed by atoms with Crippen molar-refractivity contribution in [3.8, 4) is 11.5 Å². The molecule has 1 heterocycles. The van der Waals surface area contributed by atoms with Crippen molar-refractivity contribution in [2.75, 3.05) is 25.1 Å². The second-order valence-electron chi connectivity index (χ2n) is 5.24. The number of carbonyl (C=O) groups excluding carboxylic acids is 1. The van der Waals surface area contributed by atoms with Gasteiger partial charge in [0.25, 0.3) is 0 Å². The molecule has 1 aromatic carbocycles. The van der Waals surface area contributed by atoms with E-state index in [2.05, 4.69) is 10.6 Å². The lowest BCUT2D eigenvalue weighted by Crippen LogP contribution is -2.23. The average Bonchev–Trinajstić information content (AvgIpc) is 3.24. The van der Waals surface area contributed by atoms with Gasteiger partial charge >= 0.3 is 0 Å². The lowest BCUT2D eigenvalue weighted by atomic mass is 10.2. The molecular formula is C15H20N2O3. The summed E-state index contributed by atoms with van der Waals surface area (Å²) in [5.41, 5.74) is 0.755. The Labute approximate surface area is 118 Å². The van der Waals surface area contributed by atoms with Crippen LogP contribution in [-0.2, 0) is 4.79 Å². The smallest absolute Gasteiger partial charge is 0.225 e. The number of hydrogen-bond donors (Lipinski definition) is 2. The van der Waals surface area contributed by atoms with Gasteiger partial charge in [-0.1, -0.05) is 0 Å². The molecular weight excluding hydrogens is 256 g/mol. The van der Waals surface area contributed by atoms with E-state index in [0.29, 0.717) is 31.4 Å². The van der Waals surface area contributed by atoms with E-state index in [1.807, 2.05) is 18.2 Å². The fraction of sp³-hybridized carbons (Fsp3) is 0.533. The number of ether oxygens (including phenoxy) is 2. The van der Waals surface area contributed by atoms with Crippen molar-refractivity contribution in [2.45, 2.75) is 31.7 Å². The van der Waals surface area contributed by atoms with E-state index in [-0.39, 0.29) is 5.91 Å². The Morgan fingerprint density at radius 2 is 2.00 bits per heavy atom. The van der Waals surface area contributed by atoms with Crippen LogP contribution in [0.2, 0.25) is 0 Å². The molecule has 1 aromatic rings. The van der Waals surface area contributed by atoms with Crippen LogP contribution in [0.25, 0.3) is 0 Å². The fourth-order valence-corrected chi connectivity index (χ4v) is 2.14. The Bertz CT molecular complexity index is 486. The highest BCUT2D eigenvalue weighted by atomic mass is 16.5.